The lowest BCUT2D eigenvalue weighted by Gasteiger charge is -2.06. The van der Waals surface area contributed by atoms with E-state index < -0.39 is 10.0 Å². The number of fused-ring (bicyclic) bond motifs is 1. The van der Waals surface area contributed by atoms with Crippen LogP contribution in [0.15, 0.2) is 59.8 Å². The molecule has 0 fully saturated rings. The molecule has 20 heavy (non-hydrogen) atoms. The molecule has 0 unspecified atom stereocenters. The van der Waals surface area contributed by atoms with Crippen LogP contribution in [-0.2, 0) is 10.0 Å². The van der Waals surface area contributed by atoms with E-state index in [1.807, 2.05) is 6.07 Å². The summed E-state index contributed by atoms with van der Waals surface area (Å²) in [6, 6.07) is 14.9. The Morgan fingerprint density at radius 3 is 2.55 bits per heavy atom. The second-order valence-electron chi connectivity index (χ2n) is 4.17. The highest BCUT2D eigenvalue weighted by Crippen LogP contribution is 2.20. The van der Waals surface area contributed by atoms with Gasteiger partial charge in [0, 0.05) is 0 Å². The third-order valence-electron chi connectivity index (χ3n) is 2.94. The highest BCUT2D eigenvalue weighted by atomic mass is 32.2. The quantitative estimate of drug-likeness (QED) is 0.722. The normalized spacial score (nSPS) is 11.3. The van der Waals surface area contributed by atoms with E-state index >= 15 is 0 Å². The molecule has 1 aromatic heterocycles. The summed E-state index contributed by atoms with van der Waals surface area (Å²) in [5, 5.41) is 8.84. The largest absolute Gasteiger partial charge is 0.269 e. The first-order valence-corrected chi connectivity index (χ1v) is 7.25. The summed E-state index contributed by atoms with van der Waals surface area (Å²) in [6.45, 7) is 0. The fourth-order valence-corrected chi connectivity index (χ4v) is 3.27. The van der Waals surface area contributed by atoms with Crippen molar-refractivity contribution < 1.29 is 8.42 Å². The van der Waals surface area contributed by atoms with Gasteiger partial charge in [0.05, 0.1) is 27.6 Å². The minimum Gasteiger partial charge on any atom is -0.236 e. The molecule has 0 atom stereocenters. The molecule has 98 valence electrons. The maximum Gasteiger partial charge on any atom is 0.269 e. The molecular weight excluding hydrogens is 274 g/mol. The Kier molecular flexibility index (Phi) is 2.77. The van der Waals surface area contributed by atoms with Gasteiger partial charge in [0.25, 0.3) is 10.0 Å². The van der Waals surface area contributed by atoms with Crippen molar-refractivity contribution >= 4 is 21.1 Å². The zero-order valence-corrected chi connectivity index (χ0v) is 11.1. The van der Waals surface area contributed by atoms with E-state index in [4.69, 9.17) is 5.26 Å². The Bertz CT molecular complexity index is 922. The van der Waals surface area contributed by atoms with Crippen molar-refractivity contribution in [3.05, 3.63) is 60.4 Å². The molecule has 0 aliphatic rings. The van der Waals surface area contributed by atoms with Crippen LogP contribution in [0.5, 0.6) is 0 Å². The van der Waals surface area contributed by atoms with E-state index in [1.165, 1.54) is 18.5 Å². The summed E-state index contributed by atoms with van der Waals surface area (Å²) in [6.07, 6.45) is 1.26. The lowest BCUT2D eigenvalue weighted by atomic mass is 10.2. The molecule has 0 saturated carbocycles. The zero-order chi connectivity index (χ0) is 14.2. The van der Waals surface area contributed by atoms with Gasteiger partial charge >= 0.3 is 0 Å². The number of hydrogen-bond donors (Lipinski definition) is 0. The molecule has 6 heteroatoms. The van der Waals surface area contributed by atoms with Crippen LogP contribution in [0.4, 0.5) is 0 Å². The van der Waals surface area contributed by atoms with Gasteiger partial charge in [0.15, 0.2) is 0 Å². The van der Waals surface area contributed by atoms with Crippen molar-refractivity contribution in [2.24, 2.45) is 0 Å². The summed E-state index contributed by atoms with van der Waals surface area (Å²) < 4.78 is 26.2. The first kappa shape index (κ1) is 12.4. The minimum atomic E-state index is -3.67. The Hall–Kier alpha value is -2.65. The molecule has 2 aromatic carbocycles. The SMILES string of the molecule is N#Cc1ccc2c(c1)ncn2S(=O)(=O)c1ccccc1. The first-order chi connectivity index (χ1) is 9.63. The average molecular weight is 283 g/mol. The van der Waals surface area contributed by atoms with Gasteiger partial charge in [-0.05, 0) is 30.3 Å². The van der Waals surface area contributed by atoms with Crippen LogP contribution in [-0.4, -0.2) is 17.4 Å². The second-order valence-corrected chi connectivity index (χ2v) is 5.99. The van der Waals surface area contributed by atoms with Gasteiger partial charge in [-0.2, -0.15) is 5.26 Å². The van der Waals surface area contributed by atoms with Gasteiger partial charge in [0.2, 0.25) is 0 Å². The van der Waals surface area contributed by atoms with Crippen LogP contribution in [0.1, 0.15) is 5.56 Å². The molecular formula is C14H9N3O2S. The average Bonchev–Trinajstić information content (AvgIpc) is 2.91. The van der Waals surface area contributed by atoms with Gasteiger partial charge in [-0.15, -0.1) is 0 Å². The van der Waals surface area contributed by atoms with Gasteiger partial charge in [-0.3, -0.25) is 0 Å². The summed E-state index contributed by atoms with van der Waals surface area (Å²) >= 11 is 0. The monoisotopic (exact) mass is 283 g/mol. The molecule has 3 rings (SSSR count). The Balaban J connectivity index is 2.23. The third kappa shape index (κ3) is 1.85. The van der Waals surface area contributed by atoms with Crippen molar-refractivity contribution in [2.75, 3.05) is 0 Å². The van der Waals surface area contributed by atoms with Gasteiger partial charge in [-0.1, -0.05) is 18.2 Å². The summed E-state index contributed by atoms with van der Waals surface area (Å²) in [4.78, 5) is 4.25. The van der Waals surface area contributed by atoms with E-state index in [1.54, 1.807) is 36.4 Å². The van der Waals surface area contributed by atoms with Crippen LogP contribution >= 0.6 is 0 Å². The summed E-state index contributed by atoms with van der Waals surface area (Å²) in [5.74, 6) is 0. The summed E-state index contributed by atoms with van der Waals surface area (Å²) in [5.41, 5.74) is 1.37. The highest BCUT2D eigenvalue weighted by molar-refractivity contribution is 7.90. The zero-order valence-electron chi connectivity index (χ0n) is 10.3. The fourth-order valence-electron chi connectivity index (χ4n) is 1.96. The summed E-state index contributed by atoms with van der Waals surface area (Å²) in [7, 11) is -3.67. The van der Waals surface area contributed by atoms with Crippen molar-refractivity contribution in [3.8, 4) is 6.07 Å². The second kappa shape index (κ2) is 4.47. The van der Waals surface area contributed by atoms with E-state index in [2.05, 4.69) is 4.98 Å². The van der Waals surface area contributed by atoms with Crippen LogP contribution in [0.3, 0.4) is 0 Å². The fraction of sp³-hybridized carbons (Fsp3) is 0. The number of benzene rings is 2. The molecule has 0 aliphatic heterocycles. The smallest absolute Gasteiger partial charge is 0.236 e. The van der Waals surface area contributed by atoms with Crippen LogP contribution in [0.2, 0.25) is 0 Å². The number of imidazole rings is 1. The molecule has 0 saturated heterocycles. The molecule has 0 aliphatic carbocycles. The predicted octanol–water partition coefficient (Wildman–Crippen LogP) is 2.14. The molecule has 3 aromatic rings. The number of hydrogen-bond acceptors (Lipinski definition) is 4. The molecule has 0 amide bonds. The molecule has 0 bridgehead atoms. The Labute approximate surface area is 115 Å². The van der Waals surface area contributed by atoms with E-state index in [-0.39, 0.29) is 4.90 Å². The maximum absolute atomic E-state index is 12.5. The number of rotatable bonds is 2. The van der Waals surface area contributed by atoms with Crippen LogP contribution in [0.25, 0.3) is 11.0 Å². The molecule has 5 nitrogen and oxygen atoms in total. The Morgan fingerprint density at radius 2 is 1.85 bits per heavy atom. The van der Waals surface area contributed by atoms with E-state index in [0.29, 0.717) is 16.6 Å². The van der Waals surface area contributed by atoms with Crippen LogP contribution in [0, 0.1) is 11.3 Å². The van der Waals surface area contributed by atoms with Gasteiger partial charge in [0.1, 0.15) is 6.33 Å². The molecule has 1 heterocycles. The lowest BCUT2D eigenvalue weighted by molar-refractivity contribution is 0.588. The highest BCUT2D eigenvalue weighted by Gasteiger charge is 2.19. The Morgan fingerprint density at radius 1 is 1.10 bits per heavy atom. The predicted molar refractivity (Wildman–Crippen MR) is 73.5 cm³/mol. The van der Waals surface area contributed by atoms with Crippen LogP contribution < -0.4 is 0 Å². The van der Waals surface area contributed by atoms with Gasteiger partial charge in [-0.25, -0.2) is 17.4 Å². The van der Waals surface area contributed by atoms with E-state index in [9.17, 15) is 8.42 Å². The van der Waals surface area contributed by atoms with Crippen molar-refractivity contribution in [2.45, 2.75) is 4.90 Å². The maximum atomic E-state index is 12.5. The topological polar surface area (TPSA) is 75.8 Å². The minimum absolute atomic E-state index is 0.198. The number of nitriles is 1. The third-order valence-corrected chi connectivity index (χ3v) is 4.62. The lowest BCUT2D eigenvalue weighted by Crippen LogP contribution is -2.11. The first-order valence-electron chi connectivity index (χ1n) is 5.81. The van der Waals surface area contributed by atoms with Crippen molar-refractivity contribution in [1.82, 2.24) is 8.96 Å². The van der Waals surface area contributed by atoms with Gasteiger partial charge < -0.3 is 0 Å². The van der Waals surface area contributed by atoms with Crippen molar-refractivity contribution in [3.63, 3.8) is 0 Å². The molecule has 0 radical (unpaired) electrons. The standard InChI is InChI=1S/C14H9N3O2S/c15-9-11-6-7-14-13(8-11)16-10-17(14)20(18,19)12-4-2-1-3-5-12/h1-8,10H. The number of nitrogens with zero attached hydrogens (tertiary/aromatic N) is 3. The van der Waals surface area contributed by atoms with E-state index in [0.717, 1.165) is 3.97 Å². The van der Waals surface area contributed by atoms with Crippen molar-refractivity contribution in [1.29, 1.82) is 5.26 Å². The molecule has 0 N–H and O–H groups in total. The number of aromatic nitrogens is 2. The molecule has 0 spiro atoms.